The van der Waals surface area contributed by atoms with Crippen LogP contribution in [0.25, 0.3) is 0 Å². The molecule has 1 heterocycles. The average Bonchev–Trinajstić information content (AvgIpc) is 2.33. The number of hydrogen-bond donors (Lipinski definition) is 1. The zero-order valence-corrected chi connectivity index (χ0v) is 9.46. The van der Waals surface area contributed by atoms with Gasteiger partial charge in [-0.3, -0.25) is 0 Å². The van der Waals surface area contributed by atoms with Crippen LogP contribution in [0.1, 0.15) is 20.3 Å². The average molecular weight is 207 g/mol. The summed E-state index contributed by atoms with van der Waals surface area (Å²) in [4.78, 5) is 0. The lowest BCUT2D eigenvalue weighted by atomic mass is 10.1. The Morgan fingerprint density at radius 1 is 1.40 bits per heavy atom. The number of nitrogens with one attached hydrogen (secondary N) is 1. The van der Waals surface area contributed by atoms with Crippen molar-refractivity contribution in [3.05, 3.63) is 18.2 Å². The van der Waals surface area contributed by atoms with Crippen LogP contribution in [-0.4, -0.2) is 19.3 Å². The van der Waals surface area contributed by atoms with Gasteiger partial charge in [0.05, 0.1) is 12.8 Å². The number of ether oxygens (including phenoxy) is 2. The summed E-state index contributed by atoms with van der Waals surface area (Å²) in [5.41, 5.74) is 0.909. The molecule has 0 aliphatic carbocycles. The van der Waals surface area contributed by atoms with E-state index in [1.54, 1.807) is 7.11 Å². The van der Waals surface area contributed by atoms with Crippen molar-refractivity contribution in [2.24, 2.45) is 0 Å². The first-order valence-electron chi connectivity index (χ1n) is 5.22. The lowest BCUT2D eigenvalue weighted by Crippen LogP contribution is -2.28. The Morgan fingerprint density at radius 3 is 2.93 bits per heavy atom. The fraction of sp³-hybridized carbons (Fsp3) is 0.500. The van der Waals surface area contributed by atoms with Gasteiger partial charge < -0.3 is 14.8 Å². The molecule has 15 heavy (non-hydrogen) atoms. The maximum Gasteiger partial charge on any atom is 0.143 e. The third-order valence-electron chi connectivity index (χ3n) is 2.62. The van der Waals surface area contributed by atoms with Gasteiger partial charge in [-0.25, -0.2) is 0 Å². The van der Waals surface area contributed by atoms with Gasteiger partial charge in [-0.15, -0.1) is 0 Å². The highest BCUT2D eigenvalue weighted by Crippen LogP contribution is 2.34. The van der Waals surface area contributed by atoms with Crippen molar-refractivity contribution in [3.63, 3.8) is 0 Å². The molecule has 0 radical (unpaired) electrons. The Labute approximate surface area is 90.4 Å². The smallest absolute Gasteiger partial charge is 0.143 e. The van der Waals surface area contributed by atoms with Crippen molar-refractivity contribution in [1.82, 2.24) is 0 Å². The van der Waals surface area contributed by atoms with Crippen LogP contribution in [0.3, 0.4) is 0 Å². The molecule has 0 atom stereocenters. The minimum Gasteiger partial charge on any atom is -0.497 e. The van der Waals surface area contributed by atoms with Crippen LogP contribution >= 0.6 is 0 Å². The largest absolute Gasteiger partial charge is 0.497 e. The third kappa shape index (κ3) is 2.17. The maximum atomic E-state index is 5.93. The Morgan fingerprint density at radius 2 is 2.20 bits per heavy atom. The molecule has 1 aromatic carbocycles. The maximum absolute atomic E-state index is 5.93. The van der Waals surface area contributed by atoms with Crippen molar-refractivity contribution in [2.45, 2.75) is 25.9 Å². The Balaban J connectivity index is 2.34. The molecular weight excluding hydrogens is 190 g/mol. The number of hydrogen-bond acceptors (Lipinski definition) is 3. The molecule has 0 fully saturated rings. The summed E-state index contributed by atoms with van der Waals surface area (Å²) < 4.78 is 11.1. The monoisotopic (exact) mass is 207 g/mol. The van der Waals surface area contributed by atoms with E-state index in [0.29, 0.717) is 0 Å². The first kappa shape index (κ1) is 10.1. The van der Waals surface area contributed by atoms with E-state index >= 15 is 0 Å². The molecule has 82 valence electrons. The standard InChI is InChI=1S/C12H17NO2/c1-12(2)6-7-13-10-8-9(14-3)4-5-11(10)15-12/h4-5,8,13H,6-7H2,1-3H3. The molecular formula is C12H17NO2. The molecule has 1 N–H and O–H groups in total. The van der Waals surface area contributed by atoms with Gasteiger partial charge in [0.25, 0.3) is 0 Å². The zero-order valence-electron chi connectivity index (χ0n) is 9.46. The number of fused-ring (bicyclic) bond motifs is 1. The van der Waals surface area contributed by atoms with E-state index in [4.69, 9.17) is 9.47 Å². The van der Waals surface area contributed by atoms with Gasteiger partial charge in [-0.2, -0.15) is 0 Å². The first-order chi connectivity index (χ1) is 7.11. The van der Waals surface area contributed by atoms with Gasteiger partial charge in [0.2, 0.25) is 0 Å². The van der Waals surface area contributed by atoms with Crippen LogP contribution < -0.4 is 14.8 Å². The fourth-order valence-corrected chi connectivity index (χ4v) is 1.71. The van der Waals surface area contributed by atoms with Crippen molar-refractivity contribution in [2.75, 3.05) is 19.0 Å². The number of methoxy groups -OCH3 is 1. The Kier molecular flexibility index (Phi) is 2.47. The minimum absolute atomic E-state index is 0.104. The topological polar surface area (TPSA) is 30.5 Å². The first-order valence-corrected chi connectivity index (χ1v) is 5.22. The van der Waals surface area contributed by atoms with E-state index in [-0.39, 0.29) is 5.60 Å². The Bertz CT molecular complexity index is 361. The van der Waals surface area contributed by atoms with Crippen LogP contribution in [0.2, 0.25) is 0 Å². The molecule has 0 aromatic heterocycles. The van der Waals surface area contributed by atoms with Crippen LogP contribution in [-0.2, 0) is 0 Å². The van der Waals surface area contributed by atoms with Gasteiger partial charge in [0.1, 0.15) is 17.1 Å². The summed E-state index contributed by atoms with van der Waals surface area (Å²) in [5.74, 6) is 1.75. The minimum atomic E-state index is -0.104. The van der Waals surface area contributed by atoms with E-state index in [2.05, 4.69) is 19.2 Å². The molecule has 3 heteroatoms. The second-order valence-corrected chi connectivity index (χ2v) is 4.40. The fourth-order valence-electron chi connectivity index (χ4n) is 1.71. The van der Waals surface area contributed by atoms with Crippen molar-refractivity contribution in [3.8, 4) is 11.5 Å². The van der Waals surface area contributed by atoms with Gasteiger partial charge in [-0.1, -0.05) is 0 Å². The normalized spacial score (nSPS) is 18.1. The highest BCUT2D eigenvalue weighted by molar-refractivity contribution is 5.60. The SMILES string of the molecule is COc1ccc2c(c1)NCCC(C)(C)O2. The van der Waals surface area contributed by atoms with Crippen LogP contribution in [0.15, 0.2) is 18.2 Å². The van der Waals surface area contributed by atoms with Gasteiger partial charge in [0.15, 0.2) is 0 Å². The quantitative estimate of drug-likeness (QED) is 0.768. The highest BCUT2D eigenvalue weighted by Gasteiger charge is 2.24. The van der Waals surface area contributed by atoms with Crippen LogP contribution in [0.5, 0.6) is 11.5 Å². The summed E-state index contributed by atoms with van der Waals surface area (Å²) in [6.45, 7) is 5.13. The third-order valence-corrected chi connectivity index (χ3v) is 2.62. The summed E-state index contributed by atoms with van der Waals surface area (Å²) >= 11 is 0. The molecule has 0 amide bonds. The van der Waals surface area contributed by atoms with E-state index < -0.39 is 0 Å². The molecule has 0 bridgehead atoms. The molecule has 2 rings (SSSR count). The molecule has 1 aliphatic heterocycles. The molecule has 0 saturated carbocycles. The second kappa shape index (κ2) is 3.65. The van der Waals surface area contributed by atoms with Gasteiger partial charge in [-0.05, 0) is 26.0 Å². The predicted octanol–water partition coefficient (Wildman–Crippen LogP) is 2.67. The molecule has 0 saturated heterocycles. The summed E-state index contributed by atoms with van der Waals surface area (Å²) in [5, 5.41) is 3.35. The van der Waals surface area contributed by atoms with Gasteiger partial charge >= 0.3 is 0 Å². The molecule has 0 unspecified atom stereocenters. The zero-order chi connectivity index (χ0) is 10.9. The number of anilines is 1. The summed E-state index contributed by atoms with van der Waals surface area (Å²) in [6.07, 6.45) is 0.990. The predicted molar refractivity (Wildman–Crippen MR) is 60.8 cm³/mol. The lowest BCUT2D eigenvalue weighted by molar-refractivity contribution is 0.108. The molecule has 3 nitrogen and oxygen atoms in total. The van der Waals surface area contributed by atoms with Crippen molar-refractivity contribution >= 4 is 5.69 Å². The molecule has 1 aromatic rings. The van der Waals surface area contributed by atoms with E-state index in [0.717, 1.165) is 30.2 Å². The lowest BCUT2D eigenvalue weighted by Gasteiger charge is -2.23. The van der Waals surface area contributed by atoms with E-state index in [1.165, 1.54) is 0 Å². The summed E-state index contributed by atoms with van der Waals surface area (Å²) in [6, 6.07) is 5.84. The molecule has 1 aliphatic rings. The van der Waals surface area contributed by atoms with Crippen molar-refractivity contribution in [1.29, 1.82) is 0 Å². The number of rotatable bonds is 1. The highest BCUT2D eigenvalue weighted by atomic mass is 16.5. The van der Waals surface area contributed by atoms with Crippen LogP contribution in [0, 0.1) is 0 Å². The Hall–Kier alpha value is -1.38. The summed E-state index contributed by atoms with van der Waals surface area (Å²) in [7, 11) is 1.67. The molecule has 0 spiro atoms. The van der Waals surface area contributed by atoms with Gasteiger partial charge in [0, 0.05) is 19.0 Å². The van der Waals surface area contributed by atoms with E-state index in [1.807, 2.05) is 18.2 Å². The van der Waals surface area contributed by atoms with Crippen molar-refractivity contribution < 1.29 is 9.47 Å². The second-order valence-electron chi connectivity index (χ2n) is 4.40. The van der Waals surface area contributed by atoms with E-state index in [9.17, 15) is 0 Å². The van der Waals surface area contributed by atoms with Crippen LogP contribution in [0.4, 0.5) is 5.69 Å². The number of benzene rings is 1.